The summed E-state index contributed by atoms with van der Waals surface area (Å²) in [4.78, 5) is 38.2. The lowest BCUT2D eigenvalue weighted by molar-refractivity contribution is -0.167. The Morgan fingerprint density at radius 2 is 0.450 bits per heavy atom. The van der Waals surface area contributed by atoms with Gasteiger partial charge in [-0.1, -0.05) is 340 Å². The second-order valence-electron chi connectivity index (χ2n) is 24.5. The Balaban J connectivity index is 4.03. The van der Waals surface area contributed by atoms with E-state index in [-0.39, 0.29) is 31.1 Å². The van der Waals surface area contributed by atoms with Crippen molar-refractivity contribution in [3.63, 3.8) is 0 Å². The van der Waals surface area contributed by atoms with E-state index in [9.17, 15) is 14.4 Å². The fourth-order valence-electron chi connectivity index (χ4n) is 10.9. The molecule has 0 aromatic carbocycles. The largest absolute Gasteiger partial charge is 0.462 e. The number of carbonyl (C=O) groups is 3. The molecule has 0 amide bonds. The van der Waals surface area contributed by atoms with Gasteiger partial charge in [-0.05, 0) is 77.0 Å². The maximum Gasteiger partial charge on any atom is 0.306 e. The van der Waals surface area contributed by atoms with Gasteiger partial charge in [0.15, 0.2) is 6.10 Å². The van der Waals surface area contributed by atoms with Gasteiger partial charge in [-0.15, -0.1) is 0 Å². The van der Waals surface area contributed by atoms with Crippen LogP contribution in [0.25, 0.3) is 0 Å². The molecule has 0 bridgehead atoms. The minimum absolute atomic E-state index is 0.0675. The first-order valence-corrected chi connectivity index (χ1v) is 36.0. The summed E-state index contributed by atoms with van der Waals surface area (Å²) in [6.07, 6.45) is 86.4. The fraction of sp³-hybridized carbons (Fsp3) is 0.878. The molecule has 6 nitrogen and oxygen atoms in total. The topological polar surface area (TPSA) is 78.9 Å². The zero-order valence-electron chi connectivity index (χ0n) is 54.1. The summed E-state index contributed by atoms with van der Waals surface area (Å²) in [5, 5.41) is 0. The summed E-state index contributed by atoms with van der Waals surface area (Å²) in [6, 6.07) is 0. The number of rotatable bonds is 67. The van der Waals surface area contributed by atoms with Crippen LogP contribution in [0, 0.1) is 0 Å². The number of hydrogen-bond acceptors (Lipinski definition) is 6. The third-order valence-corrected chi connectivity index (χ3v) is 16.4. The molecule has 80 heavy (non-hydrogen) atoms. The summed E-state index contributed by atoms with van der Waals surface area (Å²) in [5.74, 6) is -0.848. The lowest BCUT2D eigenvalue weighted by atomic mass is 10.0. The standard InChI is InChI=1S/C74H138O6/c1-4-7-10-13-16-19-21-23-25-27-29-31-33-34-35-36-37-38-39-40-42-43-45-47-49-51-53-55-58-61-64-67-73(76)79-70-71(69-78-72(75)66-63-60-57-18-15-12-9-6-3)80-74(77)68-65-62-59-56-54-52-50-48-46-44-41-32-30-28-26-24-22-20-17-14-11-8-5-2/h22,24,27-30,71H,4-21,23,25-26,31-70H2,1-3H3/b24-22-,29-27-,30-28-. The SMILES string of the molecule is CCCCCCC/C=C\C/C=C\CCCCCCCCCCCCCC(=O)OC(COC(=O)CCCCCCCCCC)COC(=O)CCCCCCCCCCCCCCCCCCCCC/C=C\CCCCCCCCCC. The van der Waals surface area contributed by atoms with Crippen LogP contribution in [0.5, 0.6) is 0 Å². The number of ether oxygens (including phenoxy) is 3. The molecule has 0 aromatic heterocycles. The van der Waals surface area contributed by atoms with E-state index < -0.39 is 6.10 Å². The lowest BCUT2D eigenvalue weighted by Crippen LogP contribution is -2.30. The van der Waals surface area contributed by atoms with Crippen LogP contribution in [0.15, 0.2) is 36.5 Å². The van der Waals surface area contributed by atoms with Gasteiger partial charge in [0.1, 0.15) is 13.2 Å². The maximum absolute atomic E-state index is 12.9. The molecule has 0 aliphatic heterocycles. The predicted octanol–water partition coefficient (Wildman–Crippen LogP) is 24.7. The van der Waals surface area contributed by atoms with Crippen LogP contribution in [0.2, 0.25) is 0 Å². The molecule has 0 heterocycles. The highest BCUT2D eigenvalue weighted by Gasteiger charge is 2.19. The van der Waals surface area contributed by atoms with Gasteiger partial charge in [0, 0.05) is 19.3 Å². The van der Waals surface area contributed by atoms with Gasteiger partial charge in [-0.3, -0.25) is 14.4 Å². The molecule has 0 aliphatic carbocycles. The summed E-state index contributed by atoms with van der Waals surface area (Å²) in [7, 11) is 0. The van der Waals surface area contributed by atoms with Crippen molar-refractivity contribution in [1.29, 1.82) is 0 Å². The van der Waals surface area contributed by atoms with Crippen LogP contribution in [-0.4, -0.2) is 37.2 Å². The van der Waals surface area contributed by atoms with Gasteiger partial charge in [-0.2, -0.15) is 0 Å². The zero-order chi connectivity index (χ0) is 57.8. The van der Waals surface area contributed by atoms with E-state index in [1.165, 1.54) is 295 Å². The van der Waals surface area contributed by atoms with Gasteiger partial charge >= 0.3 is 17.9 Å². The maximum atomic E-state index is 12.9. The summed E-state index contributed by atoms with van der Waals surface area (Å²) < 4.78 is 16.9. The van der Waals surface area contributed by atoms with Crippen LogP contribution >= 0.6 is 0 Å². The second-order valence-corrected chi connectivity index (χ2v) is 24.5. The van der Waals surface area contributed by atoms with E-state index in [0.29, 0.717) is 19.3 Å². The molecule has 0 aromatic rings. The Kier molecular flexibility index (Phi) is 67.1. The Bertz CT molecular complexity index is 1340. The Labute approximate surface area is 499 Å². The molecule has 0 saturated carbocycles. The minimum Gasteiger partial charge on any atom is -0.462 e. The highest BCUT2D eigenvalue weighted by Crippen LogP contribution is 2.18. The van der Waals surface area contributed by atoms with Crippen molar-refractivity contribution in [2.75, 3.05) is 13.2 Å². The highest BCUT2D eigenvalue weighted by atomic mass is 16.6. The molecule has 6 heteroatoms. The summed E-state index contributed by atoms with van der Waals surface area (Å²) in [6.45, 7) is 6.67. The number of esters is 3. The van der Waals surface area contributed by atoms with Crippen molar-refractivity contribution in [3.8, 4) is 0 Å². The van der Waals surface area contributed by atoms with Crippen molar-refractivity contribution in [1.82, 2.24) is 0 Å². The third kappa shape index (κ3) is 66.4. The Hall–Kier alpha value is -2.37. The van der Waals surface area contributed by atoms with E-state index in [1.54, 1.807) is 0 Å². The summed E-state index contributed by atoms with van der Waals surface area (Å²) >= 11 is 0. The summed E-state index contributed by atoms with van der Waals surface area (Å²) in [5.41, 5.74) is 0. The van der Waals surface area contributed by atoms with Crippen molar-refractivity contribution >= 4 is 17.9 Å². The van der Waals surface area contributed by atoms with Crippen molar-refractivity contribution < 1.29 is 28.6 Å². The molecule has 0 radical (unpaired) electrons. The van der Waals surface area contributed by atoms with Crippen molar-refractivity contribution in [3.05, 3.63) is 36.5 Å². The third-order valence-electron chi connectivity index (χ3n) is 16.4. The lowest BCUT2D eigenvalue weighted by Gasteiger charge is -2.18. The molecular formula is C74H138O6. The first kappa shape index (κ1) is 77.6. The number of carbonyl (C=O) groups excluding carboxylic acids is 3. The molecule has 0 N–H and O–H groups in total. The monoisotopic (exact) mass is 1120 g/mol. The number of unbranched alkanes of at least 4 members (excludes halogenated alkanes) is 50. The molecule has 470 valence electrons. The van der Waals surface area contributed by atoms with Gasteiger partial charge in [-0.25, -0.2) is 0 Å². The van der Waals surface area contributed by atoms with Gasteiger partial charge in [0.05, 0.1) is 0 Å². The normalized spacial score (nSPS) is 12.2. The molecular weight excluding hydrogens is 985 g/mol. The van der Waals surface area contributed by atoms with E-state index >= 15 is 0 Å². The van der Waals surface area contributed by atoms with E-state index in [4.69, 9.17) is 14.2 Å². The van der Waals surface area contributed by atoms with Gasteiger partial charge in [0.25, 0.3) is 0 Å². The van der Waals surface area contributed by atoms with Gasteiger partial charge in [0.2, 0.25) is 0 Å². The molecule has 1 unspecified atom stereocenters. The van der Waals surface area contributed by atoms with E-state index in [0.717, 1.165) is 64.2 Å². The molecule has 0 saturated heterocycles. The van der Waals surface area contributed by atoms with Crippen LogP contribution in [-0.2, 0) is 28.6 Å². The smallest absolute Gasteiger partial charge is 0.306 e. The second kappa shape index (κ2) is 69.1. The average molecular weight is 1120 g/mol. The van der Waals surface area contributed by atoms with E-state index in [2.05, 4.69) is 57.2 Å². The van der Waals surface area contributed by atoms with Crippen LogP contribution in [0.3, 0.4) is 0 Å². The first-order valence-electron chi connectivity index (χ1n) is 36.0. The van der Waals surface area contributed by atoms with Crippen LogP contribution < -0.4 is 0 Å². The van der Waals surface area contributed by atoms with Gasteiger partial charge < -0.3 is 14.2 Å². The van der Waals surface area contributed by atoms with Crippen molar-refractivity contribution in [2.45, 2.75) is 406 Å². The molecule has 0 spiro atoms. The number of hydrogen-bond donors (Lipinski definition) is 0. The van der Waals surface area contributed by atoms with Crippen LogP contribution in [0.4, 0.5) is 0 Å². The molecule has 0 aliphatic rings. The van der Waals surface area contributed by atoms with Crippen molar-refractivity contribution in [2.24, 2.45) is 0 Å². The quantitative estimate of drug-likeness (QED) is 0.0261. The minimum atomic E-state index is -0.769. The highest BCUT2D eigenvalue weighted by molar-refractivity contribution is 5.71. The first-order chi connectivity index (χ1) is 39.5. The molecule has 0 rings (SSSR count). The molecule has 0 fully saturated rings. The predicted molar refractivity (Wildman–Crippen MR) is 349 cm³/mol. The van der Waals surface area contributed by atoms with Crippen LogP contribution in [0.1, 0.15) is 400 Å². The molecule has 1 atom stereocenters. The fourth-order valence-corrected chi connectivity index (χ4v) is 10.9. The van der Waals surface area contributed by atoms with E-state index in [1.807, 2.05) is 0 Å². The average Bonchev–Trinajstić information content (AvgIpc) is 3.46. The number of allylic oxidation sites excluding steroid dienone is 6. The Morgan fingerprint density at radius 1 is 0.250 bits per heavy atom. The Morgan fingerprint density at radius 3 is 0.700 bits per heavy atom. The zero-order valence-corrected chi connectivity index (χ0v) is 54.1.